The van der Waals surface area contributed by atoms with Crippen LogP contribution in [0.2, 0.25) is 25.7 Å². The van der Waals surface area contributed by atoms with Crippen LogP contribution in [0.4, 0.5) is 0 Å². The quantitative estimate of drug-likeness (QED) is 0.432. The minimum absolute atomic E-state index is 0.826. The molecule has 0 nitrogen and oxygen atoms in total. The molecule has 0 rings (SSSR count). The molecule has 0 aliphatic heterocycles. The third-order valence-corrected chi connectivity index (χ3v) is 2.98. The van der Waals surface area contributed by atoms with Crippen molar-refractivity contribution in [3.63, 3.8) is 0 Å². The summed E-state index contributed by atoms with van der Waals surface area (Å²) in [6.07, 6.45) is 3.54. The summed E-state index contributed by atoms with van der Waals surface area (Å²) in [4.78, 5) is 0. The molecule has 0 bridgehead atoms. The lowest BCUT2D eigenvalue weighted by Gasteiger charge is -2.15. The van der Waals surface area contributed by atoms with Crippen LogP contribution in [0.15, 0.2) is 11.6 Å². The fourth-order valence-electron chi connectivity index (χ4n) is 1.26. The molecule has 0 aliphatic carbocycles. The number of hydrogen-bond donors (Lipinski definition) is 0. The van der Waals surface area contributed by atoms with Gasteiger partial charge in [0.25, 0.3) is 0 Å². The van der Waals surface area contributed by atoms with Gasteiger partial charge in [-0.1, -0.05) is 38.2 Å². The van der Waals surface area contributed by atoms with E-state index in [4.69, 9.17) is 0 Å². The summed E-state index contributed by atoms with van der Waals surface area (Å²) in [6.45, 7) is 11.7. The zero-order chi connectivity index (χ0) is 8.20. The highest BCUT2D eigenvalue weighted by atomic mass is 28.3. The van der Waals surface area contributed by atoms with Crippen LogP contribution in [0.1, 0.15) is 20.3 Å². The maximum absolute atomic E-state index is 2.42. The van der Waals surface area contributed by atoms with E-state index in [1.54, 1.807) is 5.57 Å². The molecular weight excluding hydrogens is 136 g/mol. The Labute approximate surface area is 66.4 Å². The van der Waals surface area contributed by atoms with Crippen LogP contribution in [0.25, 0.3) is 0 Å². The highest BCUT2D eigenvalue weighted by Gasteiger charge is 2.12. The fourth-order valence-corrected chi connectivity index (χ4v) is 3.07. The average Bonchev–Trinajstić information content (AvgIpc) is 1.59. The molecule has 1 heteroatoms. The largest absolute Gasteiger partial charge is 0.0862 e. The Hall–Kier alpha value is -0.0431. The molecule has 0 aromatic carbocycles. The van der Waals surface area contributed by atoms with Crippen LogP contribution in [0.3, 0.4) is 0 Å². The van der Waals surface area contributed by atoms with Crippen molar-refractivity contribution in [3.05, 3.63) is 11.6 Å². The zero-order valence-electron chi connectivity index (χ0n) is 7.99. The zero-order valence-corrected chi connectivity index (χ0v) is 8.99. The summed E-state index contributed by atoms with van der Waals surface area (Å²) >= 11 is 0. The second kappa shape index (κ2) is 3.97. The normalized spacial score (nSPS) is 13.9. The first-order valence-electron chi connectivity index (χ1n) is 4.11. The van der Waals surface area contributed by atoms with Crippen molar-refractivity contribution in [1.29, 1.82) is 0 Å². The summed E-state index contributed by atoms with van der Waals surface area (Å²) in [5.74, 6) is 0. The smallest absolute Gasteiger partial charge is 0.0483 e. The summed E-state index contributed by atoms with van der Waals surface area (Å²) in [6, 6.07) is 1.36. The van der Waals surface area contributed by atoms with Crippen molar-refractivity contribution in [2.24, 2.45) is 0 Å². The van der Waals surface area contributed by atoms with Gasteiger partial charge in [-0.25, -0.2) is 0 Å². The van der Waals surface area contributed by atoms with Gasteiger partial charge in [0.15, 0.2) is 0 Å². The molecule has 0 saturated heterocycles. The maximum atomic E-state index is 2.42. The molecule has 0 aromatic rings. The molecule has 0 aliphatic rings. The molecular formula is C9H20Si. The van der Waals surface area contributed by atoms with E-state index in [9.17, 15) is 0 Å². The Balaban J connectivity index is 3.79. The molecule has 0 unspecified atom stereocenters. The Bertz CT molecular complexity index is 117. The van der Waals surface area contributed by atoms with Crippen molar-refractivity contribution in [2.45, 2.75) is 46.0 Å². The van der Waals surface area contributed by atoms with Crippen molar-refractivity contribution in [3.8, 4) is 0 Å². The third kappa shape index (κ3) is 6.08. The van der Waals surface area contributed by atoms with E-state index in [2.05, 4.69) is 39.6 Å². The highest BCUT2D eigenvalue weighted by molar-refractivity contribution is 6.76. The molecule has 0 atom stereocenters. The second-order valence-electron chi connectivity index (χ2n) is 4.20. The predicted molar refractivity (Wildman–Crippen MR) is 52.2 cm³/mol. The minimum Gasteiger partial charge on any atom is -0.0862 e. The van der Waals surface area contributed by atoms with Crippen molar-refractivity contribution < 1.29 is 0 Å². The Morgan fingerprint density at radius 2 is 1.80 bits per heavy atom. The van der Waals surface area contributed by atoms with Crippen LogP contribution < -0.4 is 0 Å². The molecule has 0 heterocycles. The van der Waals surface area contributed by atoms with E-state index >= 15 is 0 Å². The van der Waals surface area contributed by atoms with E-state index in [0.717, 1.165) is 0 Å². The third-order valence-electron chi connectivity index (χ3n) is 1.36. The first-order valence-corrected chi connectivity index (χ1v) is 7.82. The number of hydrogen-bond acceptors (Lipinski definition) is 0. The first kappa shape index (κ1) is 9.96. The van der Waals surface area contributed by atoms with E-state index in [1.807, 2.05) is 0 Å². The topological polar surface area (TPSA) is 0 Å². The van der Waals surface area contributed by atoms with Crippen LogP contribution in [0, 0.1) is 0 Å². The second-order valence-corrected chi connectivity index (χ2v) is 9.67. The number of allylic oxidation sites excluding steroid dienone is 2. The first-order chi connectivity index (χ1) is 4.45. The van der Waals surface area contributed by atoms with Crippen molar-refractivity contribution >= 4 is 8.07 Å². The minimum atomic E-state index is -0.826. The maximum Gasteiger partial charge on any atom is 0.0483 e. The van der Waals surface area contributed by atoms with Crippen LogP contribution in [-0.4, -0.2) is 8.07 Å². The monoisotopic (exact) mass is 156 g/mol. The van der Waals surface area contributed by atoms with E-state index in [-0.39, 0.29) is 0 Å². The van der Waals surface area contributed by atoms with Gasteiger partial charge in [-0.15, -0.1) is 0 Å². The summed E-state index contributed by atoms with van der Waals surface area (Å²) in [5.41, 5.74) is 1.58. The van der Waals surface area contributed by atoms with Gasteiger partial charge in [0.1, 0.15) is 0 Å². The molecule has 0 fully saturated rings. The summed E-state index contributed by atoms with van der Waals surface area (Å²) < 4.78 is 0. The van der Waals surface area contributed by atoms with Crippen LogP contribution in [-0.2, 0) is 0 Å². The lowest BCUT2D eigenvalue weighted by molar-refractivity contribution is 1.16. The van der Waals surface area contributed by atoms with E-state index in [0.29, 0.717) is 0 Å². The van der Waals surface area contributed by atoms with Gasteiger partial charge in [0, 0.05) is 8.07 Å². The SMILES string of the molecule is CCC=C(C)C[Si](C)(C)C. The van der Waals surface area contributed by atoms with Gasteiger partial charge in [0.2, 0.25) is 0 Å². The van der Waals surface area contributed by atoms with Crippen LogP contribution >= 0.6 is 0 Å². The average molecular weight is 156 g/mol. The molecule has 0 aromatic heterocycles. The Morgan fingerprint density at radius 1 is 1.30 bits per heavy atom. The van der Waals surface area contributed by atoms with Crippen LogP contribution in [0.5, 0.6) is 0 Å². The molecule has 0 radical (unpaired) electrons. The van der Waals surface area contributed by atoms with Crippen molar-refractivity contribution in [2.75, 3.05) is 0 Å². The standard InChI is InChI=1S/C9H20Si/c1-6-7-9(2)8-10(3,4)5/h7H,6,8H2,1-5H3. The molecule has 10 heavy (non-hydrogen) atoms. The molecule has 0 N–H and O–H groups in total. The fraction of sp³-hybridized carbons (Fsp3) is 0.778. The summed E-state index contributed by atoms with van der Waals surface area (Å²) in [7, 11) is -0.826. The number of rotatable bonds is 3. The molecule has 60 valence electrons. The molecule has 0 amide bonds. The Morgan fingerprint density at radius 3 is 2.10 bits per heavy atom. The highest BCUT2D eigenvalue weighted by Crippen LogP contribution is 2.15. The Kier molecular flexibility index (Phi) is 3.95. The molecule has 0 saturated carbocycles. The van der Waals surface area contributed by atoms with Gasteiger partial charge in [-0.05, 0) is 19.4 Å². The lowest BCUT2D eigenvalue weighted by Crippen LogP contribution is -2.19. The van der Waals surface area contributed by atoms with Crippen molar-refractivity contribution in [1.82, 2.24) is 0 Å². The summed E-state index contributed by atoms with van der Waals surface area (Å²) in [5, 5.41) is 0. The van der Waals surface area contributed by atoms with Gasteiger partial charge in [-0.2, -0.15) is 0 Å². The lowest BCUT2D eigenvalue weighted by atomic mass is 10.3. The van der Waals surface area contributed by atoms with Gasteiger partial charge < -0.3 is 0 Å². The van der Waals surface area contributed by atoms with E-state index in [1.165, 1.54) is 12.5 Å². The van der Waals surface area contributed by atoms with Gasteiger partial charge in [0.05, 0.1) is 0 Å². The predicted octanol–water partition coefficient (Wildman–Crippen LogP) is 3.68. The van der Waals surface area contributed by atoms with Gasteiger partial charge in [-0.3, -0.25) is 0 Å². The molecule has 0 spiro atoms. The van der Waals surface area contributed by atoms with E-state index < -0.39 is 8.07 Å². The van der Waals surface area contributed by atoms with Gasteiger partial charge >= 0.3 is 0 Å².